The molecule has 0 saturated carbocycles. The highest BCUT2D eigenvalue weighted by Crippen LogP contribution is 2.08. The van der Waals surface area contributed by atoms with E-state index in [1.807, 2.05) is 30.3 Å². The molecule has 3 heteroatoms. The second-order valence-electron chi connectivity index (χ2n) is 2.60. The van der Waals surface area contributed by atoms with Crippen LogP contribution in [-0.2, 0) is 11.2 Å². The number of benzene rings is 1. The largest absolute Gasteiger partial charge is 0.478 e. The normalized spacial score (nSPS) is 11.3. The van der Waals surface area contributed by atoms with Crippen LogP contribution in [0.3, 0.4) is 0 Å². The third-order valence-corrected chi connectivity index (χ3v) is 1.91. The summed E-state index contributed by atoms with van der Waals surface area (Å²) in [6.45, 7) is 0. The molecule has 13 heavy (non-hydrogen) atoms. The minimum absolute atomic E-state index is 0.202. The van der Waals surface area contributed by atoms with Gasteiger partial charge in [-0.25, -0.2) is 4.79 Å². The molecule has 1 N–H and O–H groups in total. The molecule has 0 heterocycles. The average Bonchev–Trinajstić information content (AvgIpc) is 2.15. The number of carbonyl (C=O) groups is 1. The van der Waals surface area contributed by atoms with Crippen LogP contribution in [-0.4, -0.2) is 11.1 Å². The zero-order chi connectivity index (χ0) is 9.68. The van der Waals surface area contributed by atoms with Crippen molar-refractivity contribution >= 4 is 17.6 Å². The molecule has 0 aliphatic heterocycles. The molecule has 0 amide bonds. The third kappa shape index (κ3) is 2.92. The van der Waals surface area contributed by atoms with Crippen molar-refractivity contribution < 1.29 is 9.90 Å². The van der Waals surface area contributed by atoms with Gasteiger partial charge in [0.25, 0.3) is 0 Å². The van der Waals surface area contributed by atoms with Crippen LogP contribution in [0.4, 0.5) is 0 Å². The lowest BCUT2D eigenvalue weighted by molar-refractivity contribution is -0.132. The van der Waals surface area contributed by atoms with Gasteiger partial charge in [-0.3, -0.25) is 0 Å². The lowest BCUT2D eigenvalue weighted by atomic mass is 10.1. The van der Waals surface area contributed by atoms with Gasteiger partial charge in [0.15, 0.2) is 0 Å². The maximum absolute atomic E-state index is 10.6. The van der Waals surface area contributed by atoms with E-state index in [1.54, 1.807) is 0 Å². The van der Waals surface area contributed by atoms with Crippen LogP contribution >= 0.6 is 11.6 Å². The molecule has 2 nitrogen and oxygen atoms in total. The van der Waals surface area contributed by atoms with Crippen molar-refractivity contribution in [1.29, 1.82) is 0 Å². The molecule has 0 radical (unpaired) electrons. The summed E-state index contributed by atoms with van der Waals surface area (Å²) in [7, 11) is 0. The topological polar surface area (TPSA) is 37.3 Å². The van der Waals surface area contributed by atoms with E-state index in [0.717, 1.165) is 11.1 Å². The number of hydrogen-bond donors (Lipinski definition) is 1. The molecule has 1 rings (SSSR count). The Morgan fingerprint density at radius 3 is 2.46 bits per heavy atom. The molecule has 0 aliphatic rings. The Bertz CT molecular complexity index is 317. The molecular weight excluding hydrogens is 188 g/mol. The van der Waals surface area contributed by atoms with Gasteiger partial charge < -0.3 is 5.11 Å². The first-order valence-corrected chi connectivity index (χ1v) is 4.24. The highest BCUT2D eigenvalue weighted by Gasteiger charge is 2.06. The van der Waals surface area contributed by atoms with Crippen LogP contribution < -0.4 is 0 Å². The Hall–Kier alpha value is -1.28. The van der Waals surface area contributed by atoms with Gasteiger partial charge in [0.1, 0.15) is 0 Å². The Morgan fingerprint density at radius 1 is 1.38 bits per heavy atom. The summed E-state index contributed by atoms with van der Waals surface area (Å²) in [6.07, 6.45) is 0.361. The van der Waals surface area contributed by atoms with Crippen LogP contribution in [0.15, 0.2) is 41.4 Å². The van der Waals surface area contributed by atoms with E-state index in [4.69, 9.17) is 16.7 Å². The first-order valence-electron chi connectivity index (χ1n) is 3.80. The Labute approximate surface area is 81.5 Å². The van der Waals surface area contributed by atoms with Gasteiger partial charge in [-0.05, 0) is 5.56 Å². The summed E-state index contributed by atoms with van der Waals surface area (Å²) in [5.41, 5.74) is 2.25. The van der Waals surface area contributed by atoms with Crippen molar-refractivity contribution in [2.24, 2.45) is 0 Å². The van der Waals surface area contributed by atoms with E-state index in [9.17, 15) is 4.79 Å². The zero-order valence-electron chi connectivity index (χ0n) is 6.90. The molecule has 0 saturated heterocycles. The molecule has 0 aromatic heterocycles. The summed E-state index contributed by atoms with van der Waals surface area (Å²) >= 11 is 5.37. The van der Waals surface area contributed by atoms with Gasteiger partial charge in [-0.15, -0.1) is 0 Å². The van der Waals surface area contributed by atoms with Gasteiger partial charge >= 0.3 is 5.97 Å². The van der Waals surface area contributed by atoms with E-state index < -0.39 is 5.97 Å². The molecule has 68 valence electrons. The molecule has 0 atom stereocenters. The second-order valence-corrected chi connectivity index (χ2v) is 2.82. The average molecular weight is 197 g/mol. The summed E-state index contributed by atoms with van der Waals surface area (Å²) in [4.78, 5) is 10.6. The zero-order valence-corrected chi connectivity index (χ0v) is 7.66. The van der Waals surface area contributed by atoms with Crippen LogP contribution in [0, 0.1) is 0 Å². The highest BCUT2D eigenvalue weighted by molar-refractivity contribution is 6.27. The van der Waals surface area contributed by atoms with Gasteiger partial charge in [0.05, 0.1) is 5.57 Å². The summed E-state index contributed by atoms with van der Waals surface area (Å²) < 4.78 is 0. The molecular formula is C10H9ClO2. The van der Waals surface area contributed by atoms with Gasteiger partial charge in [0, 0.05) is 12.0 Å². The maximum Gasteiger partial charge on any atom is 0.332 e. The summed E-state index contributed by atoms with van der Waals surface area (Å²) in [5.74, 6) is -0.973. The fourth-order valence-electron chi connectivity index (χ4n) is 0.977. The lowest BCUT2D eigenvalue weighted by Crippen LogP contribution is -2.02. The SMILES string of the molecule is O=C(O)C(=CCl)Cc1ccccc1. The van der Waals surface area contributed by atoms with E-state index >= 15 is 0 Å². The van der Waals surface area contributed by atoms with Gasteiger partial charge in [-0.1, -0.05) is 41.9 Å². The van der Waals surface area contributed by atoms with Crippen LogP contribution in [0.5, 0.6) is 0 Å². The number of hydrogen-bond acceptors (Lipinski definition) is 1. The molecule has 0 spiro atoms. The van der Waals surface area contributed by atoms with Crippen LogP contribution in [0.1, 0.15) is 5.56 Å². The van der Waals surface area contributed by atoms with E-state index in [2.05, 4.69) is 0 Å². The Kier molecular flexibility index (Phi) is 3.53. The van der Waals surface area contributed by atoms with Crippen LogP contribution in [0.2, 0.25) is 0 Å². The highest BCUT2D eigenvalue weighted by atomic mass is 35.5. The molecule has 0 unspecified atom stereocenters. The van der Waals surface area contributed by atoms with Gasteiger partial charge in [-0.2, -0.15) is 0 Å². The fourth-order valence-corrected chi connectivity index (χ4v) is 1.15. The predicted octanol–water partition coefficient (Wildman–Crippen LogP) is 2.44. The van der Waals surface area contributed by atoms with Crippen molar-refractivity contribution in [3.05, 3.63) is 47.0 Å². The third-order valence-electron chi connectivity index (χ3n) is 1.64. The smallest absolute Gasteiger partial charge is 0.332 e. The Morgan fingerprint density at radius 2 is 2.00 bits per heavy atom. The molecule has 1 aromatic carbocycles. The van der Waals surface area contributed by atoms with E-state index in [-0.39, 0.29) is 5.57 Å². The second kappa shape index (κ2) is 4.67. The summed E-state index contributed by atoms with van der Waals surface area (Å²) in [5, 5.41) is 8.68. The van der Waals surface area contributed by atoms with E-state index in [1.165, 1.54) is 0 Å². The van der Waals surface area contributed by atoms with Gasteiger partial charge in [0.2, 0.25) is 0 Å². The quantitative estimate of drug-likeness (QED) is 0.754. The van der Waals surface area contributed by atoms with Crippen molar-refractivity contribution in [3.8, 4) is 0 Å². The molecule has 0 bridgehead atoms. The summed E-state index contributed by atoms with van der Waals surface area (Å²) in [6, 6.07) is 9.34. The van der Waals surface area contributed by atoms with Crippen molar-refractivity contribution in [3.63, 3.8) is 0 Å². The number of halogens is 1. The minimum atomic E-state index is -0.973. The monoisotopic (exact) mass is 196 g/mol. The first-order chi connectivity index (χ1) is 6.24. The standard InChI is InChI=1S/C10H9ClO2/c11-7-9(10(12)13)6-8-4-2-1-3-5-8/h1-5,7H,6H2,(H,12,13). The number of rotatable bonds is 3. The van der Waals surface area contributed by atoms with E-state index in [0.29, 0.717) is 6.42 Å². The maximum atomic E-state index is 10.6. The molecule has 0 fully saturated rings. The number of carboxylic acids is 1. The first kappa shape index (κ1) is 9.81. The number of carboxylic acid groups (broad SMARTS) is 1. The predicted molar refractivity (Wildman–Crippen MR) is 51.7 cm³/mol. The molecule has 1 aromatic rings. The van der Waals surface area contributed by atoms with Crippen molar-refractivity contribution in [1.82, 2.24) is 0 Å². The number of aliphatic carboxylic acids is 1. The minimum Gasteiger partial charge on any atom is -0.478 e. The fraction of sp³-hybridized carbons (Fsp3) is 0.100. The van der Waals surface area contributed by atoms with Crippen molar-refractivity contribution in [2.75, 3.05) is 0 Å². The lowest BCUT2D eigenvalue weighted by Gasteiger charge is -2.00. The molecule has 0 aliphatic carbocycles. The Balaban J connectivity index is 2.74. The van der Waals surface area contributed by atoms with Crippen LogP contribution in [0.25, 0.3) is 0 Å². The van der Waals surface area contributed by atoms with Crippen molar-refractivity contribution in [2.45, 2.75) is 6.42 Å².